The first kappa shape index (κ1) is 10.9. The molecule has 0 bridgehead atoms. The highest BCUT2D eigenvalue weighted by molar-refractivity contribution is 5.58. The van der Waals surface area contributed by atoms with Crippen LogP contribution in [0.15, 0.2) is 18.6 Å². The second-order valence-electron chi connectivity index (χ2n) is 3.31. The monoisotopic (exact) mass is 229 g/mol. The Morgan fingerprint density at radius 1 is 1.47 bits per heavy atom. The molecular formula is C10H11N7. The number of rotatable bonds is 3. The molecule has 0 aromatic carbocycles. The number of aromatic nitrogens is 4. The number of aromatic amines is 1. The van der Waals surface area contributed by atoms with Crippen molar-refractivity contribution in [1.82, 2.24) is 20.2 Å². The zero-order chi connectivity index (χ0) is 12.3. The highest BCUT2D eigenvalue weighted by atomic mass is 15.3. The summed E-state index contributed by atoms with van der Waals surface area (Å²) in [7, 11) is 3.54. The normalized spacial score (nSPS) is 9.71. The van der Waals surface area contributed by atoms with Gasteiger partial charge in [-0.3, -0.25) is 5.10 Å². The van der Waals surface area contributed by atoms with E-state index in [0.29, 0.717) is 17.3 Å². The lowest BCUT2D eigenvalue weighted by Crippen LogP contribution is -2.13. The quantitative estimate of drug-likeness (QED) is 0.811. The number of hydrogen-bond acceptors (Lipinski definition) is 6. The van der Waals surface area contributed by atoms with Crippen LogP contribution in [0, 0.1) is 11.3 Å². The molecule has 7 nitrogen and oxygen atoms in total. The third-order valence-corrected chi connectivity index (χ3v) is 2.30. The lowest BCUT2D eigenvalue weighted by Gasteiger charge is -2.15. The number of H-pyrrole nitrogens is 1. The highest BCUT2D eigenvalue weighted by Crippen LogP contribution is 2.20. The second kappa shape index (κ2) is 4.49. The molecule has 7 heteroatoms. The molecule has 0 amide bonds. The molecule has 2 heterocycles. The lowest BCUT2D eigenvalue weighted by molar-refractivity contribution is 1.04. The standard InChI is InChI=1S/C10H11N7/c1-12-9-7(3-11)4-13-10(16-9)17(2)8-5-14-15-6-8/h4-6H,1-2H3,(H,14,15)(H,12,13,16). The maximum absolute atomic E-state index is 8.86. The van der Waals surface area contributed by atoms with Crippen LogP contribution in [-0.2, 0) is 0 Å². The summed E-state index contributed by atoms with van der Waals surface area (Å²) in [5.41, 5.74) is 1.26. The van der Waals surface area contributed by atoms with Crippen molar-refractivity contribution in [3.8, 4) is 6.07 Å². The van der Waals surface area contributed by atoms with Crippen LogP contribution in [-0.4, -0.2) is 34.3 Å². The van der Waals surface area contributed by atoms with Crippen LogP contribution in [0.4, 0.5) is 17.5 Å². The molecule has 0 fully saturated rings. The van der Waals surface area contributed by atoms with Gasteiger partial charge in [0, 0.05) is 20.3 Å². The molecule has 2 rings (SSSR count). The van der Waals surface area contributed by atoms with Gasteiger partial charge < -0.3 is 10.2 Å². The second-order valence-corrected chi connectivity index (χ2v) is 3.31. The van der Waals surface area contributed by atoms with Gasteiger partial charge in [0.15, 0.2) is 0 Å². The molecular weight excluding hydrogens is 218 g/mol. The summed E-state index contributed by atoms with van der Waals surface area (Å²) in [5.74, 6) is 1.00. The molecule has 0 aliphatic rings. The Balaban J connectivity index is 2.37. The molecule has 0 aliphatic carbocycles. The van der Waals surface area contributed by atoms with Crippen molar-refractivity contribution in [2.45, 2.75) is 0 Å². The molecule has 0 atom stereocenters. The van der Waals surface area contributed by atoms with Gasteiger partial charge in [-0.25, -0.2) is 4.98 Å². The minimum absolute atomic E-state index is 0.414. The molecule has 0 unspecified atom stereocenters. The fourth-order valence-electron chi connectivity index (χ4n) is 1.35. The van der Waals surface area contributed by atoms with Gasteiger partial charge in [0.05, 0.1) is 18.1 Å². The van der Waals surface area contributed by atoms with Gasteiger partial charge in [-0.1, -0.05) is 0 Å². The molecule has 2 aromatic heterocycles. The van der Waals surface area contributed by atoms with Crippen LogP contribution in [0.3, 0.4) is 0 Å². The summed E-state index contributed by atoms with van der Waals surface area (Å²) in [4.78, 5) is 10.2. The average Bonchev–Trinajstić information content (AvgIpc) is 2.90. The zero-order valence-electron chi connectivity index (χ0n) is 9.47. The minimum atomic E-state index is 0.414. The average molecular weight is 229 g/mol. The van der Waals surface area contributed by atoms with Crippen LogP contribution in [0.1, 0.15) is 5.56 Å². The third kappa shape index (κ3) is 2.01. The predicted molar refractivity (Wildman–Crippen MR) is 62.9 cm³/mol. The van der Waals surface area contributed by atoms with Crippen molar-refractivity contribution in [3.63, 3.8) is 0 Å². The lowest BCUT2D eigenvalue weighted by atomic mass is 10.3. The van der Waals surface area contributed by atoms with Gasteiger partial charge in [0.25, 0.3) is 0 Å². The van der Waals surface area contributed by atoms with Gasteiger partial charge in [-0.05, 0) is 0 Å². The van der Waals surface area contributed by atoms with E-state index in [-0.39, 0.29) is 0 Å². The van der Waals surface area contributed by atoms with E-state index in [1.165, 1.54) is 6.20 Å². The number of nitrogens with one attached hydrogen (secondary N) is 2. The minimum Gasteiger partial charge on any atom is -0.372 e. The third-order valence-electron chi connectivity index (χ3n) is 2.30. The Labute approximate surface area is 98.1 Å². The van der Waals surface area contributed by atoms with Crippen LogP contribution in [0.25, 0.3) is 0 Å². The zero-order valence-corrected chi connectivity index (χ0v) is 9.47. The number of hydrogen-bond donors (Lipinski definition) is 2. The molecule has 2 aromatic rings. The van der Waals surface area contributed by atoms with Gasteiger partial charge in [-0.15, -0.1) is 0 Å². The fourth-order valence-corrected chi connectivity index (χ4v) is 1.35. The van der Waals surface area contributed by atoms with Gasteiger partial charge in [-0.2, -0.15) is 15.3 Å². The SMILES string of the molecule is CNc1nc(N(C)c2cn[nH]c2)ncc1C#N. The van der Waals surface area contributed by atoms with Crippen molar-refractivity contribution in [2.24, 2.45) is 0 Å². The van der Waals surface area contributed by atoms with Crippen molar-refractivity contribution in [3.05, 3.63) is 24.2 Å². The first-order valence-corrected chi connectivity index (χ1v) is 4.93. The first-order chi connectivity index (χ1) is 8.26. The van der Waals surface area contributed by atoms with E-state index >= 15 is 0 Å². The van der Waals surface area contributed by atoms with Crippen molar-refractivity contribution in [1.29, 1.82) is 5.26 Å². The summed E-state index contributed by atoms with van der Waals surface area (Å²) in [6, 6.07) is 2.02. The van der Waals surface area contributed by atoms with Gasteiger partial charge in [0.1, 0.15) is 17.5 Å². The van der Waals surface area contributed by atoms with E-state index in [1.807, 2.05) is 13.1 Å². The summed E-state index contributed by atoms with van der Waals surface area (Å²) in [5, 5.41) is 18.3. The van der Waals surface area contributed by atoms with Gasteiger partial charge in [0.2, 0.25) is 5.95 Å². The summed E-state index contributed by atoms with van der Waals surface area (Å²) in [6.45, 7) is 0. The van der Waals surface area contributed by atoms with Crippen LogP contribution < -0.4 is 10.2 Å². The Hall–Kier alpha value is -2.62. The number of anilines is 3. The van der Waals surface area contributed by atoms with Crippen molar-refractivity contribution >= 4 is 17.5 Å². The maximum Gasteiger partial charge on any atom is 0.231 e. The van der Waals surface area contributed by atoms with Crippen LogP contribution >= 0.6 is 0 Å². The van der Waals surface area contributed by atoms with Gasteiger partial charge >= 0.3 is 0 Å². The van der Waals surface area contributed by atoms with Crippen LogP contribution in [0.2, 0.25) is 0 Å². The molecule has 0 saturated carbocycles. The smallest absolute Gasteiger partial charge is 0.231 e. The van der Waals surface area contributed by atoms with E-state index in [2.05, 4.69) is 25.5 Å². The first-order valence-electron chi connectivity index (χ1n) is 4.93. The topological polar surface area (TPSA) is 93.5 Å². The summed E-state index contributed by atoms with van der Waals surface area (Å²) >= 11 is 0. The van der Waals surface area contributed by atoms with Crippen molar-refractivity contribution in [2.75, 3.05) is 24.3 Å². The molecule has 2 N–H and O–H groups in total. The Morgan fingerprint density at radius 2 is 2.29 bits per heavy atom. The van der Waals surface area contributed by atoms with E-state index < -0.39 is 0 Å². The number of nitrogens with zero attached hydrogens (tertiary/aromatic N) is 5. The largest absolute Gasteiger partial charge is 0.372 e. The number of nitriles is 1. The highest BCUT2D eigenvalue weighted by Gasteiger charge is 2.11. The Bertz CT molecular complexity index is 540. The molecule has 0 radical (unpaired) electrons. The van der Waals surface area contributed by atoms with E-state index in [4.69, 9.17) is 5.26 Å². The molecule has 0 saturated heterocycles. The molecule has 0 aliphatic heterocycles. The Kier molecular flexibility index (Phi) is 2.87. The molecule has 0 spiro atoms. The van der Waals surface area contributed by atoms with Crippen LogP contribution in [0.5, 0.6) is 0 Å². The van der Waals surface area contributed by atoms with E-state index in [9.17, 15) is 0 Å². The molecule has 86 valence electrons. The van der Waals surface area contributed by atoms with E-state index in [1.54, 1.807) is 24.3 Å². The summed E-state index contributed by atoms with van der Waals surface area (Å²) < 4.78 is 0. The van der Waals surface area contributed by atoms with E-state index in [0.717, 1.165) is 5.69 Å². The maximum atomic E-state index is 8.86. The summed E-state index contributed by atoms with van der Waals surface area (Å²) in [6.07, 6.45) is 4.89. The fraction of sp³-hybridized carbons (Fsp3) is 0.200. The Morgan fingerprint density at radius 3 is 2.88 bits per heavy atom. The van der Waals surface area contributed by atoms with Crippen molar-refractivity contribution < 1.29 is 0 Å². The predicted octanol–water partition coefficient (Wildman–Crippen LogP) is 0.881. The molecule has 17 heavy (non-hydrogen) atoms.